The molecule has 2 amide bonds. The zero-order chi connectivity index (χ0) is 12.5. The Morgan fingerprint density at radius 3 is 2.82 bits per heavy atom. The van der Waals surface area contributed by atoms with Crippen LogP contribution in [0.1, 0.15) is 12.8 Å². The van der Waals surface area contributed by atoms with Crippen molar-refractivity contribution in [2.75, 3.05) is 47.5 Å². The number of likely N-dealkylation sites (tertiary alicyclic amines) is 1. The van der Waals surface area contributed by atoms with Gasteiger partial charge in [-0.25, -0.2) is 4.79 Å². The second-order valence-corrected chi connectivity index (χ2v) is 5.21. The van der Waals surface area contributed by atoms with E-state index in [0.29, 0.717) is 5.92 Å². The van der Waals surface area contributed by atoms with Gasteiger partial charge in [-0.3, -0.25) is 0 Å². The van der Waals surface area contributed by atoms with Crippen molar-refractivity contribution in [2.45, 2.75) is 18.4 Å². The van der Waals surface area contributed by atoms with E-state index >= 15 is 0 Å². The zero-order valence-corrected chi connectivity index (χ0v) is 10.9. The number of carbonyl (C=O) groups is 1. The van der Waals surface area contributed by atoms with Gasteiger partial charge in [-0.1, -0.05) is 0 Å². The van der Waals surface area contributed by atoms with E-state index in [-0.39, 0.29) is 11.6 Å². The van der Waals surface area contributed by atoms with Crippen molar-refractivity contribution < 1.29 is 14.3 Å². The summed E-state index contributed by atoms with van der Waals surface area (Å²) in [5.74, 6) is 0.536. The normalized spacial score (nSPS) is 26.1. The molecule has 2 heterocycles. The number of ether oxygens (including phenoxy) is 2. The van der Waals surface area contributed by atoms with Crippen LogP contribution in [-0.4, -0.2) is 68.9 Å². The Morgan fingerprint density at radius 1 is 1.53 bits per heavy atom. The number of methoxy groups -OCH3 is 1. The fourth-order valence-corrected chi connectivity index (χ4v) is 2.82. The Hall–Kier alpha value is -0.810. The molecule has 5 heteroatoms. The van der Waals surface area contributed by atoms with E-state index in [1.54, 1.807) is 26.1 Å². The molecule has 2 saturated heterocycles. The van der Waals surface area contributed by atoms with Crippen LogP contribution in [0.25, 0.3) is 0 Å². The average Bonchev–Trinajstić information content (AvgIpc) is 2.66. The highest BCUT2D eigenvalue weighted by Crippen LogP contribution is 2.41. The van der Waals surface area contributed by atoms with Crippen LogP contribution in [0.4, 0.5) is 4.79 Å². The number of nitrogens with zero attached hydrogens (tertiary/aromatic N) is 2. The standard InChI is InChI=1S/C12H22N2O3/c1-13(2)11(15)14-8-12(9-14)10(4-6-16-3)5-7-17-12/h10H,4-9H2,1-3H3. The molecule has 2 aliphatic rings. The SMILES string of the molecule is COCCC1CCOC12CN(C(=O)N(C)C)C2. The summed E-state index contributed by atoms with van der Waals surface area (Å²) in [5, 5.41) is 0. The van der Waals surface area contributed by atoms with Crippen LogP contribution in [0.15, 0.2) is 0 Å². The van der Waals surface area contributed by atoms with Crippen molar-refractivity contribution in [3.63, 3.8) is 0 Å². The molecule has 2 rings (SSSR count). The number of carbonyl (C=O) groups excluding carboxylic acids is 1. The lowest BCUT2D eigenvalue weighted by atomic mass is 9.79. The van der Waals surface area contributed by atoms with Gasteiger partial charge >= 0.3 is 6.03 Å². The minimum atomic E-state index is -0.0792. The van der Waals surface area contributed by atoms with Gasteiger partial charge in [0, 0.05) is 34.4 Å². The Balaban J connectivity index is 1.88. The molecule has 5 nitrogen and oxygen atoms in total. The maximum Gasteiger partial charge on any atom is 0.319 e. The second-order valence-electron chi connectivity index (χ2n) is 5.21. The minimum absolute atomic E-state index is 0.0792. The molecule has 0 aromatic rings. The van der Waals surface area contributed by atoms with Gasteiger partial charge in [0.25, 0.3) is 0 Å². The molecular weight excluding hydrogens is 220 g/mol. The van der Waals surface area contributed by atoms with Crippen molar-refractivity contribution in [2.24, 2.45) is 5.92 Å². The van der Waals surface area contributed by atoms with Gasteiger partial charge in [0.1, 0.15) is 5.60 Å². The summed E-state index contributed by atoms with van der Waals surface area (Å²) in [5.41, 5.74) is -0.0792. The first-order chi connectivity index (χ1) is 8.09. The van der Waals surface area contributed by atoms with E-state index in [2.05, 4.69) is 0 Å². The largest absolute Gasteiger partial charge is 0.385 e. The molecule has 2 fully saturated rings. The first kappa shape index (κ1) is 12.6. The van der Waals surface area contributed by atoms with Crippen LogP contribution < -0.4 is 0 Å². The molecular formula is C12H22N2O3. The molecule has 0 bridgehead atoms. The molecule has 1 unspecified atom stereocenters. The summed E-state index contributed by atoms with van der Waals surface area (Å²) in [7, 11) is 5.29. The Morgan fingerprint density at radius 2 is 2.24 bits per heavy atom. The lowest BCUT2D eigenvalue weighted by molar-refractivity contribution is -0.120. The Bertz CT molecular complexity index is 287. The van der Waals surface area contributed by atoms with Crippen LogP contribution >= 0.6 is 0 Å². The van der Waals surface area contributed by atoms with E-state index in [4.69, 9.17) is 9.47 Å². The van der Waals surface area contributed by atoms with Gasteiger partial charge in [-0.2, -0.15) is 0 Å². The lowest BCUT2D eigenvalue weighted by Gasteiger charge is -2.50. The third kappa shape index (κ3) is 2.26. The first-order valence-corrected chi connectivity index (χ1v) is 6.18. The summed E-state index contributed by atoms with van der Waals surface area (Å²) in [4.78, 5) is 15.2. The summed E-state index contributed by atoms with van der Waals surface area (Å²) in [6, 6.07) is 0.0802. The molecule has 0 radical (unpaired) electrons. The predicted molar refractivity (Wildman–Crippen MR) is 63.9 cm³/mol. The van der Waals surface area contributed by atoms with Gasteiger partial charge in [0.05, 0.1) is 13.1 Å². The topological polar surface area (TPSA) is 42.0 Å². The van der Waals surface area contributed by atoms with Crippen LogP contribution in [0.5, 0.6) is 0 Å². The third-order valence-corrected chi connectivity index (χ3v) is 3.84. The number of rotatable bonds is 3. The van der Waals surface area contributed by atoms with Crippen LogP contribution in [0.2, 0.25) is 0 Å². The van der Waals surface area contributed by atoms with Gasteiger partial charge in [0.15, 0.2) is 0 Å². The second kappa shape index (κ2) is 4.82. The van der Waals surface area contributed by atoms with Crippen LogP contribution in [-0.2, 0) is 9.47 Å². The van der Waals surface area contributed by atoms with E-state index in [0.717, 1.165) is 39.1 Å². The molecule has 98 valence electrons. The summed E-state index contributed by atoms with van der Waals surface area (Å²) < 4.78 is 11.0. The molecule has 0 saturated carbocycles. The minimum Gasteiger partial charge on any atom is -0.385 e. The number of hydrogen-bond acceptors (Lipinski definition) is 3. The van der Waals surface area contributed by atoms with Gasteiger partial charge < -0.3 is 19.3 Å². The van der Waals surface area contributed by atoms with E-state index in [1.165, 1.54) is 0 Å². The number of hydrogen-bond donors (Lipinski definition) is 0. The molecule has 0 aliphatic carbocycles. The molecule has 0 aromatic carbocycles. The maximum absolute atomic E-state index is 11.8. The van der Waals surface area contributed by atoms with E-state index in [1.807, 2.05) is 4.90 Å². The van der Waals surface area contributed by atoms with E-state index in [9.17, 15) is 4.79 Å². The lowest BCUT2D eigenvalue weighted by Crippen LogP contribution is -2.67. The van der Waals surface area contributed by atoms with Crippen molar-refractivity contribution in [3.05, 3.63) is 0 Å². The van der Waals surface area contributed by atoms with E-state index < -0.39 is 0 Å². The molecule has 0 N–H and O–H groups in total. The smallest absolute Gasteiger partial charge is 0.319 e. The van der Waals surface area contributed by atoms with Crippen molar-refractivity contribution in [1.82, 2.24) is 9.80 Å². The fourth-order valence-electron chi connectivity index (χ4n) is 2.82. The third-order valence-electron chi connectivity index (χ3n) is 3.84. The zero-order valence-electron chi connectivity index (χ0n) is 10.9. The van der Waals surface area contributed by atoms with Gasteiger partial charge in [-0.05, 0) is 18.8 Å². The summed E-state index contributed by atoms with van der Waals surface area (Å²) >= 11 is 0. The van der Waals surface area contributed by atoms with Crippen molar-refractivity contribution in [1.29, 1.82) is 0 Å². The monoisotopic (exact) mass is 242 g/mol. The molecule has 1 atom stereocenters. The first-order valence-electron chi connectivity index (χ1n) is 6.18. The van der Waals surface area contributed by atoms with Crippen molar-refractivity contribution >= 4 is 6.03 Å². The highest BCUT2D eigenvalue weighted by Gasteiger charge is 2.54. The number of amides is 2. The fraction of sp³-hybridized carbons (Fsp3) is 0.917. The molecule has 0 aromatic heterocycles. The van der Waals surface area contributed by atoms with Crippen molar-refractivity contribution in [3.8, 4) is 0 Å². The molecule has 17 heavy (non-hydrogen) atoms. The molecule has 2 aliphatic heterocycles. The highest BCUT2D eigenvalue weighted by atomic mass is 16.5. The number of urea groups is 1. The van der Waals surface area contributed by atoms with Crippen LogP contribution in [0, 0.1) is 5.92 Å². The summed E-state index contributed by atoms with van der Waals surface area (Å²) in [6.07, 6.45) is 2.12. The quantitative estimate of drug-likeness (QED) is 0.735. The maximum atomic E-state index is 11.8. The Labute approximate surface area is 103 Å². The van der Waals surface area contributed by atoms with Crippen LogP contribution in [0.3, 0.4) is 0 Å². The summed E-state index contributed by atoms with van der Waals surface area (Å²) in [6.45, 7) is 3.06. The molecule has 1 spiro atoms. The predicted octanol–water partition coefficient (Wildman–Crippen LogP) is 0.795. The highest BCUT2D eigenvalue weighted by molar-refractivity contribution is 5.75. The Kier molecular flexibility index (Phi) is 3.58. The van der Waals surface area contributed by atoms with Gasteiger partial charge in [0.2, 0.25) is 0 Å². The van der Waals surface area contributed by atoms with Gasteiger partial charge in [-0.15, -0.1) is 0 Å². The average molecular weight is 242 g/mol.